The molecule has 0 aliphatic rings. The first-order chi connectivity index (χ1) is 12.0. The molecule has 26 heavy (non-hydrogen) atoms. The van der Waals surface area contributed by atoms with Crippen molar-refractivity contribution in [3.05, 3.63) is 0 Å². The summed E-state index contributed by atoms with van der Waals surface area (Å²) in [4.78, 5) is 23.5. The SMILES string of the molecule is CCC(C)(C)CCOC(C)(C)CC(=O)NCCOCCC(=O)NC(C)C. The molecule has 154 valence electrons. The Hall–Kier alpha value is -1.14. The Morgan fingerprint density at radius 2 is 1.65 bits per heavy atom. The van der Waals surface area contributed by atoms with Crippen molar-refractivity contribution >= 4 is 11.8 Å². The summed E-state index contributed by atoms with van der Waals surface area (Å²) >= 11 is 0. The van der Waals surface area contributed by atoms with Crippen LogP contribution < -0.4 is 10.6 Å². The van der Waals surface area contributed by atoms with Crippen molar-refractivity contribution in [2.45, 2.75) is 85.8 Å². The second-order valence-corrected chi connectivity index (χ2v) is 8.49. The molecule has 0 aromatic carbocycles. The largest absolute Gasteiger partial charge is 0.379 e. The number of nitrogens with one attached hydrogen (secondary N) is 2. The van der Waals surface area contributed by atoms with E-state index >= 15 is 0 Å². The highest BCUT2D eigenvalue weighted by molar-refractivity contribution is 5.77. The molecule has 0 saturated heterocycles. The van der Waals surface area contributed by atoms with Crippen molar-refractivity contribution in [3.63, 3.8) is 0 Å². The van der Waals surface area contributed by atoms with E-state index in [1.807, 2.05) is 27.7 Å². The molecule has 0 aliphatic heterocycles. The van der Waals surface area contributed by atoms with Crippen LogP contribution in [0, 0.1) is 5.41 Å². The van der Waals surface area contributed by atoms with Crippen LogP contribution in [0.2, 0.25) is 0 Å². The van der Waals surface area contributed by atoms with Gasteiger partial charge in [0.1, 0.15) is 0 Å². The van der Waals surface area contributed by atoms with Crippen molar-refractivity contribution in [3.8, 4) is 0 Å². The van der Waals surface area contributed by atoms with E-state index in [1.165, 1.54) is 0 Å². The molecule has 0 bridgehead atoms. The van der Waals surface area contributed by atoms with E-state index in [9.17, 15) is 9.59 Å². The Balaban J connectivity index is 3.81. The molecule has 0 unspecified atom stereocenters. The van der Waals surface area contributed by atoms with Crippen LogP contribution in [-0.2, 0) is 19.1 Å². The van der Waals surface area contributed by atoms with Gasteiger partial charge in [0.2, 0.25) is 11.8 Å². The van der Waals surface area contributed by atoms with Gasteiger partial charge in [0.15, 0.2) is 0 Å². The third-order valence-electron chi connectivity index (χ3n) is 4.31. The molecule has 2 amide bonds. The van der Waals surface area contributed by atoms with Crippen molar-refractivity contribution in [2.75, 3.05) is 26.4 Å². The first kappa shape index (κ1) is 24.9. The highest BCUT2D eigenvalue weighted by Gasteiger charge is 2.24. The quantitative estimate of drug-likeness (QED) is 0.460. The monoisotopic (exact) mass is 372 g/mol. The maximum atomic E-state index is 12.0. The van der Waals surface area contributed by atoms with Gasteiger partial charge in [-0.1, -0.05) is 27.2 Å². The van der Waals surface area contributed by atoms with Gasteiger partial charge in [-0.2, -0.15) is 0 Å². The predicted molar refractivity (Wildman–Crippen MR) is 105 cm³/mol. The van der Waals surface area contributed by atoms with E-state index in [1.54, 1.807) is 0 Å². The Labute approximate surface area is 159 Å². The van der Waals surface area contributed by atoms with Crippen LogP contribution in [0.15, 0.2) is 0 Å². The molecule has 0 radical (unpaired) electrons. The lowest BCUT2D eigenvalue weighted by molar-refractivity contribution is -0.128. The summed E-state index contributed by atoms with van der Waals surface area (Å²) in [5.41, 5.74) is -0.217. The Morgan fingerprint density at radius 1 is 1.00 bits per heavy atom. The molecule has 0 rings (SSSR count). The Bertz CT molecular complexity index is 420. The normalized spacial score (nSPS) is 12.3. The summed E-state index contributed by atoms with van der Waals surface area (Å²) in [6.45, 7) is 16.2. The second kappa shape index (κ2) is 12.3. The predicted octanol–water partition coefficient (Wildman–Crippen LogP) is 3.05. The molecule has 0 aromatic heterocycles. The van der Waals surface area contributed by atoms with Crippen molar-refractivity contribution < 1.29 is 19.1 Å². The summed E-state index contributed by atoms with van der Waals surface area (Å²) in [5, 5.41) is 5.64. The van der Waals surface area contributed by atoms with Crippen LogP contribution in [-0.4, -0.2) is 49.8 Å². The second-order valence-electron chi connectivity index (χ2n) is 8.49. The number of hydrogen-bond acceptors (Lipinski definition) is 4. The van der Waals surface area contributed by atoms with Crippen molar-refractivity contribution in [1.82, 2.24) is 10.6 Å². The molecule has 6 heteroatoms. The minimum absolute atomic E-state index is 0.0193. The molecule has 0 saturated carbocycles. The van der Waals surface area contributed by atoms with Gasteiger partial charge >= 0.3 is 0 Å². The summed E-state index contributed by atoms with van der Waals surface area (Å²) in [6, 6.07) is 0.139. The lowest BCUT2D eigenvalue weighted by Crippen LogP contribution is -2.36. The van der Waals surface area contributed by atoms with Gasteiger partial charge in [0.25, 0.3) is 0 Å². The van der Waals surface area contributed by atoms with Crippen LogP contribution in [0.4, 0.5) is 0 Å². The van der Waals surface area contributed by atoms with E-state index in [0.717, 1.165) is 12.8 Å². The van der Waals surface area contributed by atoms with Crippen molar-refractivity contribution in [1.29, 1.82) is 0 Å². The van der Waals surface area contributed by atoms with Crippen LogP contribution in [0.1, 0.15) is 74.1 Å². The maximum absolute atomic E-state index is 12.0. The van der Waals surface area contributed by atoms with Crippen LogP contribution in [0.3, 0.4) is 0 Å². The molecule has 0 aromatic rings. The summed E-state index contributed by atoms with van der Waals surface area (Å²) in [6.07, 6.45) is 2.74. The van der Waals surface area contributed by atoms with Crippen LogP contribution in [0.25, 0.3) is 0 Å². The molecule has 2 N–H and O–H groups in total. The van der Waals surface area contributed by atoms with Gasteiger partial charge < -0.3 is 20.1 Å². The fraction of sp³-hybridized carbons (Fsp3) is 0.900. The highest BCUT2D eigenvalue weighted by Crippen LogP contribution is 2.25. The van der Waals surface area contributed by atoms with E-state index < -0.39 is 5.60 Å². The van der Waals surface area contributed by atoms with Crippen molar-refractivity contribution in [2.24, 2.45) is 5.41 Å². The number of hydrogen-bond donors (Lipinski definition) is 2. The number of ether oxygens (including phenoxy) is 2. The van der Waals surface area contributed by atoms with Gasteiger partial charge in [-0.05, 0) is 39.5 Å². The smallest absolute Gasteiger partial charge is 0.222 e. The average Bonchev–Trinajstić information content (AvgIpc) is 2.49. The van der Waals surface area contributed by atoms with Gasteiger partial charge in [0.05, 0.1) is 25.2 Å². The van der Waals surface area contributed by atoms with E-state index in [4.69, 9.17) is 9.47 Å². The number of rotatable bonds is 14. The third-order valence-corrected chi connectivity index (χ3v) is 4.31. The minimum atomic E-state index is -0.482. The van der Waals surface area contributed by atoms with Gasteiger partial charge in [-0.25, -0.2) is 0 Å². The Kier molecular flexibility index (Phi) is 11.7. The standard InChI is InChI=1S/C20H40N2O4/c1-8-19(4,5)10-13-26-20(6,7)15-18(24)21-11-14-25-12-9-17(23)22-16(2)3/h16H,8-15H2,1-7H3,(H,21,24)(H,22,23). The summed E-state index contributed by atoms with van der Waals surface area (Å²) < 4.78 is 11.3. The molecular formula is C20H40N2O4. The van der Waals surface area contributed by atoms with Crippen LogP contribution in [0.5, 0.6) is 0 Å². The zero-order valence-electron chi connectivity index (χ0n) is 17.9. The number of carbonyl (C=O) groups is 2. The first-order valence-electron chi connectivity index (χ1n) is 9.75. The first-order valence-corrected chi connectivity index (χ1v) is 9.75. The van der Waals surface area contributed by atoms with Gasteiger partial charge in [-0.15, -0.1) is 0 Å². The average molecular weight is 373 g/mol. The molecule has 0 aliphatic carbocycles. The fourth-order valence-corrected chi connectivity index (χ4v) is 2.20. The molecule has 0 fully saturated rings. The van der Waals surface area contributed by atoms with E-state index in [0.29, 0.717) is 39.2 Å². The molecule has 0 atom stereocenters. The molecule has 6 nitrogen and oxygen atoms in total. The highest BCUT2D eigenvalue weighted by atomic mass is 16.5. The molecule has 0 heterocycles. The third kappa shape index (κ3) is 14.1. The number of carbonyl (C=O) groups excluding carboxylic acids is 2. The summed E-state index contributed by atoms with van der Waals surface area (Å²) in [5.74, 6) is -0.0694. The minimum Gasteiger partial charge on any atom is -0.379 e. The maximum Gasteiger partial charge on any atom is 0.222 e. The zero-order valence-corrected chi connectivity index (χ0v) is 17.9. The van der Waals surface area contributed by atoms with Gasteiger partial charge in [0, 0.05) is 25.6 Å². The summed E-state index contributed by atoms with van der Waals surface area (Å²) in [7, 11) is 0. The number of amides is 2. The molecule has 0 spiro atoms. The molecular weight excluding hydrogens is 332 g/mol. The Morgan fingerprint density at radius 3 is 2.23 bits per heavy atom. The lowest BCUT2D eigenvalue weighted by atomic mass is 9.87. The zero-order chi connectivity index (χ0) is 20.2. The fourth-order valence-electron chi connectivity index (χ4n) is 2.20. The van der Waals surface area contributed by atoms with Gasteiger partial charge in [-0.3, -0.25) is 9.59 Å². The lowest BCUT2D eigenvalue weighted by Gasteiger charge is -2.28. The van der Waals surface area contributed by atoms with Crippen LogP contribution >= 0.6 is 0 Å². The van der Waals surface area contributed by atoms with E-state index in [2.05, 4.69) is 31.4 Å². The van der Waals surface area contributed by atoms with E-state index in [-0.39, 0.29) is 23.3 Å². The topological polar surface area (TPSA) is 76.7 Å².